The van der Waals surface area contributed by atoms with Crippen LogP contribution in [0, 0.1) is 0 Å². The fourth-order valence-corrected chi connectivity index (χ4v) is 1.98. The van der Waals surface area contributed by atoms with Crippen molar-refractivity contribution in [3.8, 4) is 0 Å². The van der Waals surface area contributed by atoms with E-state index in [9.17, 15) is 4.79 Å². The van der Waals surface area contributed by atoms with E-state index in [1.807, 2.05) is 30.3 Å². The highest BCUT2D eigenvalue weighted by atomic mass is 35.5. The molecule has 0 unspecified atom stereocenters. The molecule has 0 saturated carbocycles. The fourth-order valence-electron chi connectivity index (χ4n) is 1.66. The first-order chi connectivity index (χ1) is 10.1. The highest BCUT2D eigenvalue weighted by Crippen LogP contribution is 2.11. The van der Waals surface area contributed by atoms with Crippen molar-refractivity contribution in [1.82, 2.24) is 10.6 Å². The molecule has 0 fully saturated rings. The molecule has 0 aliphatic rings. The van der Waals surface area contributed by atoms with E-state index in [2.05, 4.69) is 10.6 Å². The topological polar surface area (TPSA) is 41.1 Å². The summed E-state index contributed by atoms with van der Waals surface area (Å²) in [5.74, 6) is 0. The lowest BCUT2D eigenvalue weighted by atomic mass is 10.2. The molecular weight excluding hydrogens is 307 g/mol. The number of amides is 2. The Morgan fingerprint density at radius 1 is 1.05 bits per heavy atom. The number of carbonyl (C=O) groups is 1. The Morgan fingerprint density at radius 2 is 1.81 bits per heavy atom. The van der Waals surface area contributed by atoms with E-state index in [-0.39, 0.29) is 6.03 Å². The van der Waals surface area contributed by atoms with Crippen molar-refractivity contribution in [3.05, 3.63) is 75.9 Å². The maximum atomic E-state index is 11.6. The van der Waals surface area contributed by atoms with Gasteiger partial charge >= 0.3 is 6.03 Å². The van der Waals surface area contributed by atoms with Gasteiger partial charge in [-0.3, -0.25) is 0 Å². The summed E-state index contributed by atoms with van der Waals surface area (Å²) in [6.45, 7) is 0.438. The molecule has 2 aromatic rings. The van der Waals surface area contributed by atoms with Gasteiger partial charge in [-0.1, -0.05) is 47.5 Å². The van der Waals surface area contributed by atoms with Gasteiger partial charge in [0.25, 0.3) is 0 Å². The molecule has 0 atom stereocenters. The van der Waals surface area contributed by atoms with Gasteiger partial charge in [-0.2, -0.15) is 0 Å². The Labute approximate surface area is 133 Å². The summed E-state index contributed by atoms with van der Waals surface area (Å²) in [7, 11) is 0. The molecule has 5 heteroatoms. The summed E-state index contributed by atoms with van der Waals surface area (Å²) < 4.78 is 0. The van der Waals surface area contributed by atoms with E-state index in [0.717, 1.165) is 11.1 Å². The third kappa shape index (κ3) is 5.50. The Balaban J connectivity index is 1.78. The van der Waals surface area contributed by atoms with Crippen LogP contribution in [0.25, 0.3) is 6.08 Å². The van der Waals surface area contributed by atoms with Crippen LogP contribution in [0.3, 0.4) is 0 Å². The van der Waals surface area contributed by atoms with Gasteiger partial charge in [-0.05, 0) is 41.5 Å². The lowest BCUT2D eigenvalue weighted by Gasteiger charge is -2.04. The number of hydrogen-bond acceptors (Lipinski definition) is 1. The normalized spacial score (nSPS) is 10.6. The number of carbonyl (C=O) groups excluding carboxylic acids is 1. The maximum absolute atomic E-state index is 11.6. The van der Waals surface area contributed by atoms with Gasteiger partial charge in [-0.15, -0.1) is 0 Å². The number of rotatable bonds is 4. The summed E-state index contributed by atoms with van der Waals surface area (Å²) in [6, 6.07) is 14.4. The Bertz CT molecular complexity index is 639. The number of halogens is 2. The van der Waals surface area contributed by atoms with Gasteiger partial charge < -0.3 is 10.6 Å². The van der Waals surface area contributed by atoms with E-state index in [1.165, 1.54) is 0 Å². The molecule has 0 aliphatic carbocycles. The monoisotopic (exact) mass is 320 g/mol. The van der Waals surface area contributed by atoms with Crippen LogP contribution in [0.15, 0.2) is 54.7 Å². The second-order valence-corrected chi connectivity index (χ2v) is 5.21. The number of nitrogens with one attached hydrogen (secondary N) is 2. The van der Waals surface area contributed by atoms with Crippen LogP contribution in [-0.4, -0.2) is 6.03 Å². The average Bonchev–Trinajstić information content (AvgIpc) is 2.47. The van der Waals surface area contributed by atoms with E-state index in [1.54, 1.807) is 30.5 Å². The van der Waals surface area contributed by atoms with Crippen molar-refractivity contribution in [1.29, 1.82) is 0 Å². The van der Waals surface area contributed by atoms with Gasteiger partial charge in [0.15, 0.2) is 0 Å². The number of hydrogen-bond donors (Lipinski definition) is 2. The molecule has 0 aromatic heterocycles. The van der Waals surface area contributed by atoms with Crippen LogP contribution < -0.4 is 10.6 Å². The molecule has 3 nitrogen and oxygen atoms in total. The first kappa shape index (κ1) is 15.4. The second-order valence-electron chi connectivity index (χ2n) is 4.34. The molecule has 2 aromatic carbocycles. The summed E-state index contributed by atoms with van der Waals surface area (Å²) in [6.07, 6.45) is 3.34. The Kier molecular flexibility index (Phi) is 5.67. The fraction of sp³-hybridized carbons (Fsp3) is 0.0625. The molecule has 0 spiro atoms. The van der Waals surface area contributed by atoms with E-state index in [4.69, 9.17) is 23.2 Å². The molecule has 2 amide bonds. The zero-order valence-electron chi connectivity index (χ0n) is 11.1. The standard InChI is InChI=1S/C16H14Cl2N2O/c17-14-6-4-13(5-7-14)11-20-16(21)19-9-8-12-2-1-3-15(18)10-12/h1-10H,11H2,(H2,19,20,21)/b9-8+. The van der Waals surface area contributed by atoms with Gasteiger partial charge in [0.05, 0.1) is 0 Å². The van der Waals surface area contributed by atoms with Gasteiger partial charge in [-0.25, -0.2) is 4.79 Å². The van der Waals surface area contributed by atoms with Crippen molar-refractivity contribution in [2.24, 2.45) is 0 Å². The van der Waals surface area contributed by atoms with Crippen LogP contribution in [0.1, 0.15) is 11.1 Å². The van der Waals surface area contributed by atoms with Crippen molar-refractivity contribution >= 4 is 35.3 Å². The van der Waals surface area contributed by atoms with Crippen LogP contribution in [-0.2, 0) is 6.54 Å². The number of benzene rings is 2. The van der Waals surface area contributed by atoms with E-state index >= 15 is 0 Å². The van der Waals surface area contributed by atoms with Crippen LogP contribution in [0.2, 0.25) is 10.0 Å². The summed E-state index contributed by atoms with van der Waals surface area (Å²) in [5.41, 5.74) is 1.90. The summed E-state index contributed by atoms with van der Waals surface area (Å²) >= 11 is 11.7. The van der Waals surface area contributed by atoms with E-state index in [0.29, 0.717) is 16.6 Å². The first-order valence-corrected chi connectivity index (χ1v) is 7.10. The number of urea groups is 1. The molecule has 21 heavy (non-hydrogen) atoms. The molecule has 2 rings (SSSR count). The highest BCUT2D eigenvalue weighted by Gasteiger charge is 1.98. The van der Waals surface area contributed by atoms with Crippen molar-refractivity contribution in [2.75, 3.05) is 0 Å². The quantitative estimate of drug-likeness (QED) is 0.857. The maximum Gasteiger partial charge on any atom is 0.319 e. The van der Waals surface area contributed by atoms with Gasteiger partial charge in [0.2, 0.25) is 0 Å². The van der Waals surface area contributed by atoms with Crippen molar-refractivity contribution in [3.63, 3.8) is 0 Å². The largest absolute Gasteiger partial charge is 0.334 e. The molecule has 108 valence electrons. The molecule has 0 saturated heterocycles. The van der Waals surface area contributed by atoms with Crippen molar-refractivity contribution < 1.29 is 4.79 Å². The SMILES string of the molecule is O=C(N/C=C/c1cccc(Cl)c1)NCc1ccc(Cl)cc1. The minimum Gasteiger partial charge on any atom is -0.334 e. The van der Waals surface area contributed by atoms with Crippen molar-refractivity contribution in [2.45, 2.75) is 6.54 Å². The van der Waals surface area contributed by atoms with Gasteiger partial charge in [0, 0.05) is 22.8 Å². The predicted molar refractivity (Wildman–Crippen MR) is 87.3 cm³/mol. The molecular formula is C16H14Cl2N2O. The van der Waals surface area contributed by atoms with Crippen LogP contribution in [0.5, 0.6) is 0 Å². The summed E-state index contributed by atoms with van der Waals surface area (Å²) in [4.78, 5) is 11.6. The molecule has 0 bridgehead atoms. The minimum absolute atomic E-state index is 0.275. The zero-order valence-corrected chi connectivity index (χ0v) is 12.7. The second kappa shape index (κ2) is 7.72. The first-order valence-electron chi connectivity index (χ1n) is 6.34. The van der Waals surface area contributed by atoms with Crippen LogP contribution >= 0.6 is 23.2 Å². The molecule has 0 heterocycles. The van der Waals surface area contributed by atoms with E-state index < -0.39 is 0 Å². The molecule has 0 radical (unpaired) electrons. The smallest absolute Gasteiger partial charge is 0.319 e. The molecule has 0 aliphatic heterocycles. The predicted octanol–water partition coefficient (Wildman–Crippen LogP) is 4.46. The highest BCUT2D eigenvalue weighted by molar-refractivity contribution is 6.30. The Hall–Kier alpha value is -1.97. The average molecular weight is 321 g/mol. The lowest BCUT2D eigenvalue weighted by Crippen LogP contribution is -2.31. The zero-order chi connectivity index (χ0) is 15.1. The minimum atomic E-state index is -0.275. The third-order valence-electron chi connectivity index (χ3n) is 2.71. The molecule has 2 N–H and O–H groups in total. The van der Waals surface area contributed by atoms with Gasteiger partial charge in [0.1, 0.15) is 0 Å². The third-order valence-corrected chi connectivity index (χ3v) is 3.19. The summed E-state index contributed by atoms with van der Waals surface area (Å²) in [5, 5.41) is 6.71. The van der Waals surface area contributed by atoms with Crippen LogP contribution in [0.4, 0.5) is 4.79 Å². The lowest BCUT2D eigenvalue weighted by molar-refractivity contribution is 0.244. The Morgan fingerprint density at radius 3 is 2.52 bits per heavy atom.